The van der Waals surface area contributed by atoms with Crippen molar-refractivity contribution in [1.29, 1.82) is 0 Å². The summed E-state index contributed by atoms with van der Waals surface area (Å²) in [5.74, 6) is -7.50. The summed E-state index contributed by atoms with van der Waals surface area (Å²) in [6, 6.07) is 6.49. The quantitative estimate of drug-likeness (QED) is 0.218. The van der Waals surface area contributed by atoms with E-state index in [1.807, 2.05) is 6.92 Å². The third kappa shape index (κ3) is 4.76. The van der Waals surface area contributed by atoms with E-state index in [0.29, 0.717) is 29.1 Å². The summed E-state index contributed by atoms with van der Waals surface area (Å²) in [6.07, 6.45) is 4.43. The number of ketones is 1. The number of aryl methyl sites for hydroxylation is 1. The van der Waals surface area contributed by atoms with E-state index in [1.165, 1.54) is 19.4 Å². The van der Waals surface area contributed by atoms with Gasteiger partial charge in [0.1, 0.15) is 18.1 Å². The van der Waals surface area contributed by atoms with Crippen molar-refractivity contribution in [2.24, 2.45) is 0 Å². The number of hydrogen-bond acceptors (Lipinski definition) is 4. The topological polar surface area (TPSA) is 53.4 Å². The molecule has 31 heavy (non-hydrogen) atoms. The number of methoxy groups -OCH3 is 1. The molecule has 162 valence electrons. The second-order valence-electron chi connectivity index (χ2n) is 6.39. The molecule has 0 aliphatic heterocycles. The number of hydrogen-bond donors (Lipinski definition) is 0. The molecule has 0 spiro atoms. The highest BCUT2D eigenvalue weighted by molar-refractivity contribution is 6.05. The molecule has 0 fully saturated rings. The minimum Gasteiger partial charge on any atom is -0.496 e. The Kier molecular flexibility index (Phi) is 6.74. The Morgan fingerprint density at radius 1 is 1.10 bits per heavy atom. The van der Waals surface area contributed by atoms with E-state index in [-0.39, 0.29) is 11.8 Å². The van der Waals surface area contributed by atoms with Crippen LogP contribution >= 0.6 is 0 Å². The molecular formula is C22H18F4N2O3. The first-order valence-electron chi connectivity index (χ1n) is 9.22. The van der Waals surface area contributed by atoms with Gasteiger partial charge in [0.25, 0.3) is 0 Å². The Bertz CT molecular complexity index is 1120. The van der Waals surface area contributed by atoms with Crippen LogP contribution in [0.15, 0.2) is 42.6 Å². The Hall–Kier alpha value is -3.62. The van der Waals surface area contributed by atoms with Crippen molar-refractivity contribution < 1.29 is 31.8 Å². The maximum atomic E-state index is 13.8. The lowest BCUT2D eigenvalue weighted by atomic mass is 10.1. The Morgan fingerprint density at radius 3 is 2.45 bits per heavy atom. The van der Waals surface area contributed by atoms with Gasteiger partial charge in [0.15, 0.2) is 17.4 Å². The molecule has 1 heterocycles. The maximum Gasteiger partial charge on any atom is 0.203 e. The third-order valence-corrected chi connectivity index (χ3v) is 4.44. The highest BCUT2D eigenvalue weighted by Crippen LogP contribution is 2.29. The van der Waals surface area contributed by atoms with Crippen molar-refractivity contribution in [3.05, 3.63) is 82.7 Å². The maximum absolute atomic E-state index is 13.8. The number of aromatic nitrogens is 2. The minimum atomic E-state index is -1.63. The van der Waals surface area contributed by atoms with Crippen LogP contribution in [0.5, 0.6) is 11.5 Å². The number of benzene rings is 2. The van der Waals surface area contributed by atoms with Gasteiger partial charge in [0.05, 0.1) is 7.11 Å². The Morgan fingerprint density at radius 2 is 1.81 bits per heavy atom. The van der Waals surface area contributed by atoms with Crippen LogP contribution < -0.4 is 9.47 Å². The number of rotatable bonds is 8. The molecule has 0 amide bonds. The second kappa shape index (κ2) is 9.46. The lowest BCUT2D eigenvalue weighted by Crippen LogP contribution is -2.07. The van der Waals surface area contributed by atoms with E-state index >= 15 is 0 Å². The molecule has 0 atom stereocenters. The Labute approximate surface area is 175 Å². The molecule has 0 radical (unpaired) electrons. The molecule has 3 aromatic rings. The first-order chi connectivity index (χ1) is 14.8. The average Bonchev–Trinajstić information content (AvgIpc) is 3.25. The first-order valence-corrected chi connectivity index (χ1v) is 9.22. The molecule has 0 bridgehead atoms. The first kappa shape index (κ1) is 22.1. The summed E-state index contributed by atoms with van der Waals surface area (Å²) >= 11 is 0. The van der Waals surface area contributed by atoms with Gasteiger partial charge in [-0.25, -0.2) is 8.78 Å². The summed E-state index contributed by atoms with van der Waals surface area (Å²) in [6.45, 7) is 1.97. The predicted molar refractivity (Wildman–Crippen MR) is 105 cm³/mol. The van der Waals surface area contributed by atoms with Gasteiger partial charge in [0.2, 0.25) is 17.4 Å². The fourth-order valence-electron chi connectivity index (χ4n) is 2.89. The van der Waals surface area contributed by atoms with E-state index in [1.54, 1.807) is 35.0 Å². The van der Waals surface area contributed by atoms with Gasteiger partial charge in [0, 0.05) is 24.4 Å². The lowest BCUT2D eigenvalue weighted by molar-refractivity contribution is 0.103. The number of halogens is 4. The fourth-order valence-corrected chi connectivity index (χ4v) is 2.89. The van der Waals surface area contributed by atoms with Crippen LogP contribution in [0.4, 0.5) is 17.6 Å². The zero-order valence-electron chi connectivity index (χ0n) is 16.7. The summed E-state index contributed by atoms with van der Waals surface area (Å²) in [4.78, 5) is 12.4. The van der Waals surface area contributed by atoms with Crippen LogP contribution in [0.1, 0.15) is 28.5 Å². The highest BCUT2D eigenvalue weighted by Gasteiger charge is 2.21. The summed E-state index contributed by atoms with van der Waals surface area (Å²) < 4.78 is 66.1. The molecule has 0 N–H and O–H groups in total. The molecule has 9 heteroatoms. The summed E-state index contributed by atoms with van der Waals surface area (Å²) in [7, 11) is 1.38. The molecule has 0 aliphatic carbocycles. The van der Waals surface area contributed by atoms with Crippen molar-refractivity contribution >= 4 is 11.9 Å². The molecule has 1 aromatic heterocycles. The monoisotopic (exact) mass is 434 g/mol. The molecule has 3 rings (SSSR count). The van der Waals surface area contributed by atoms with Crippen molar-refractivity contribution in [2.45, 2.75) is 20.1 Å². The Balaban J connectivity index is 1.82. The van der Waals surface area contributed by atoms with E-state index < -0.39 is 35.6 Å². The van der Waals surface area contributed by atoms with Crippen molar-refractivity contribution in [3.63, 3.8) is 0 Å². The van der Waals surface area contributed by atoms with E-state index in [2.05, 4.69) is 5.10 Å². The van der Waals surface area contributed by atoms with Gasteiger partial charge in [-0.2, -0.15) is 13.9 Å². The zero-order valence-corrected chi connectivity index (χ0v) is 16.7. The van der Waals surface area contributed by atoms with E-state index in [0.717, 1.165) is 0 Å². The second-order valence-corrected chi connectivity index (χ2v) is 6.39. The van der Waals surface area contributed by atoms with Gasteiger partial charge in [-0.1, -0.05) is 12.1 Å². The summed E-state index contributed by atoms with van der Waals surface area (Å²) in [5, 5.41) is 4.04. The normalized spacial score (nSPS) is 11.2. The van der Waals surface area contributed by atoms with Crippen molar-refractivity contribution in [3.8, 4) is 11.5 Å². The van der Waals surface area contributed by atoms with Gasteiger partial charge in [-0.3, -0.25) is 9.48 Å². The van der Waals surface area contributed by atoms with Crippen LogP contribution in [0.25, 0.3) is 6.08 Å². The number of carbonyl (C=O) groups excluding carboxylic acids is 1. The largest absolute Gasteiger partial charge is 0.496 e. The van der Waals surface area contributed by atoms with Gasteiger partial charge >= 0.3 is 0 Å². The van der Waals surface area contributed by atoms with Crippen molar-refractivity contribution in [2.75, 3.05) is 7.11 Å². The van der Waals surface area contributed by atoms with E-state index in [9.17, 15) is 22.4 Å². The lowest BCUT2D eigenvalue weighted by Gasteiger charge is -2.13. The number of nitrogens with zero attached hydrogens (tertiary/aromatic N) is 2. The molecule has 5 nitrogen and oxygen atoms in total. The summed E-state index contributed by atoms with van der Waals surface area (Å²) in [5.41, 5.74) is 1.34. The van der Waals surface area contributed by atoms with Gasteiger partial charge in [-0.05, 0) is 36.8 Å². The fraction of sp³-hybridized carbons (Fsp3) is 0.182. The van der Waals surface area contributed by atoms with Crippen LogP contribution in [0.3, 0.4) is 0 Å². The number of allylic oxidation sites excluding steroid dienone is 1. The van der Waals surface area contributed by atoms with Crippen LogP contribution in [0, 0.1) is 23.3 Å². The van der Waals surface area contributed by atoms with Crippen molar-refractivity contribution in [1.82, 2.24) is 9.78 Å². The number of ether oxygens (including phenoxy) is 2. The van der Waals surface area contributed by atoms with Crippen LogP contribution in [0.2, 0.25) is 0 Å². The predicted octanol–water partition coefficient (Wildman–Crippen LogP) is 4.94. The third-order valence-electron chi connectivity index (χ3n) is 4.44. The van der Waals surface area contributed by atoms with Gasteiger partial charge in [-0.15, -0.1) is 0 Å². The molecular weight excluding hydrogens is 416 g/mol. The minimum absolute atomic E-state index is 0.102. The molecule has 2 aromatic carbocycles. The zero-order chi connectivity index (χ0) is 22.5. The van der Waals surface area contributed by atoms with E-state index in [4.69, 9.17) is 9.47 Å². The van der Waals surface area contributed by atoms with Gasteiger partial charge < -0.3 is 9.47 Å². The SMILES string of the molecule is CCn1nccc1C(=O)/C=C/c1ccc(OC)c(COc2c(F)c(F)cc(F)c2F)c1. The standard InChI is InChI=1S/C22H18F4N2O3/c1-3-28-17(8-9-27-28)18(29)6-4-13-5-7-19(30-2)14(10-13)12-31-22-20(25)15(23)11-16(24)21(22)26/h4-11H,3,12H2,1-2H3/b6-4+. The molecule has 0 saturated heterocycles. The number of carbonyl (C=O) groups is 1. The molecule has 0 unspecified atom stereocenters. The van der Waals surface area contributed by atoms with Crippen LogP contribution in [-0.2, 0) is 13.2 Å². The smallest absolute Gasteiger partial charge is 0.203 e. The highest BCUT2D eigenvalue weighted by atomic mass is 19.2. The molecule has 0 saturated carbocycles. The van der Waals surface area contributed by atoms with Crippen LogP contribution in [-0.4, -0.2) is 22.7 Å². The molecule has 0 aliphatic rings. The average molecular weight is 434 g/mol.